The highest BCUT2D eigenvalue weighted by atomic mass is 16.6. The highest BCUT2D eigenvalue weighted by Gasteiger charge is 2.26. The number of aryl methyl sites for hydroxylation is 1. The monoisotopic (exact) mass is 465 g/mol. The molecule has 1 amide bonds. The second-order valence-corrected chi connectivity index (χ2v) is 9.16. The van der Waals surface area contributed by atoms with Gasteiger partial charge in [-0.05, 0) is 56.9 Å². The Hall–Kier alpha value is -3.61. The summed E-state index contributed by atoms with van der Waals surface area (Å²) in [6.07, 6.45) is 2.23. The summed E-state index contributed by atoms with van der Waals surface area (Å²) >= 11 is 0. The Labute approximate surface area is 199 Å². The predicted molar refractivity (Wildman–Crippen MR) is 130 cm³/mol. The van der Waals surface area contributed by atoms with Crippen molar-refractivity contribution in [2.45, 2.75) is 65.0 Å². The van der Waals surface area contributed by atoms with E-state index < -0.39 is 29.3 Å². The van der Waals surface area contributed by atoms with Gasteiger partial charge in [-0.25, -0.2) is 14.4 Å². The highest BCUT2D eigenvalue weighted by molar-refractivity contribution is 5.85. The first-order valence-corrected chi connectivity index (χ1v) is 11.5. The summed E-state index contributed by atoms with van der Waals surface area (Å²) < 4.78 is 16.2. The van der Waals surface area contributed by atoms with Crippen LogP contribution in [0.2, 0.25) is 0 Å². The summed E-state index contributed by atoms with van der Waals surface area (Å²) in [4.78, 5) is 37.4. The topological polar surface area (TPSA) is 94.8 Å². The molecule has 0 aliphatic rings. The number of unbranched alkanes of at least 4 members (excludes halogenated alkanes) is 1. The molecule has 0 aliphatic heterocycles. The number of carbonyl (C=O) groups is 2. The maximum absolute atomic E-state index is 13.0. The zero-order chi connectivity index (χ0) is 24.7. The number of rotatable bonds is 8. The molecule has 0 bridgehead atoms. The molecule has 34 heavy (non-hydrogen) atoms. The summed E-state index contributed by atoms with van der Waals surface area (Å²) in [7, 11) is 0. The van der Waals surface area contributed by atoms with Crippen molar-refractivity contribution in [2.75, 3.05) is 0 Å². The van der Waals surface area contributed by atoms with Crippen molar-refractivity contribution in [3.63, 3.8) is 0 Å². The van der Waals surface area contributed by atoms with Crippen LogP contribution in [0.4, 0.5) is 4.79 Å². The van der Waals surface area contributed by atoms with Gasteiger partial charge in [-0.15, -0.1) is 0 Å². The summed E-state index contributed by atoms with van der Waals surface area (Å²) in [5.74, 6) is -0.434. The maximum Gasteiger partial charge on any atom is 0.408 e. The quantitative estimate of drug-likeness (QED) is 0.280. The van der Waals surface area contributed by atoms with E-state index in [9.17, 15) is 14.4 Å². The minimum Gasteiger partial charge on any atom is -0.444 e. The zero-order valence-corrected chi connectivity index (χ0v) is 20.1. The Kier molecular flexibility index (Phi) is 8.10. The Morgan fingerprint density at radius 1 is 1.06 bits per heavy atom. The lowest BCUT2D eigenvalue weighted by molar-refractivity contribution is -0.136. The van der Waals surface area contributed by atoms with Crippen LogP contribution in [-0.4, -0.2) is 23.7 Å². The number of hydrogen-bond donors (Lipinski definition) is 1. The molecule has 1 heterocycles. The van der Waals surface area contributed by atoms with Gasteiger partial charge in [0, 0.05) is 23.9 Å². The molecule has 3 rings (SSSR count). The summed E-state index contributed by atoms with van der Waals surface area (Å²) in [6, 6.07) is 14.8. The summed E-state index contributed by atoms with van der Waals surface area (Å²) in [6.45, 7) is 7.32. The van der Waals surface area contributed by atoms with E-state index in [0.717, 1.165) is 35.8 Å². The van der Waals surface area contributed by atoms with Crippen LogP contribution in [0.25, 0.3) is 11.0 Å². The largest absolute Gasteiger partial charge is 0.444 e. The molecule has 1 N–H and O–H groups in total. The third-order valence-corrected chi connectivity index (χ3v) is 5.08. The standard InChI is InChI=1S/C27H31NO6/c1-5-6-12-19-16-24(29)33-23-17-20(13-14-21(19)23)32-25(30)22(15-18-10-8-7-9-11-18)28-26(31)34-27(2,3)4/h7-11,13-14,16-17,22H,5-6,12,15H2,1-4H3,(H,28,31). The van der Waals surface area contributed by atoms with Gasteiger partial charge in [0.2, 0.25) is 0 Å². The molecule has 1 atom stereocenters. The Morgan fingerprint density at radius 3 is 2.47 bits per heavy atom. The fourth-order valence-electron chi connectivity index (χ4n) is 3.53. The first kappa shape index (κ1) is 25.0. The van der Waals surface area contributed by atoms with Gasteiger partial charge in [0.1, 0.15) is 23.0 Å². The van der Waals surface area contributed by atoms with E-state index >= 15 is 0 Å². The molecule has 1 aromatic heterocycles. The van der Waals surface area contributed by atoms with E-state index in [2.05, 4.69) is 12.2 Å². The number of benzene rings is 2. The lowest BCUT2D eigenvalue weighted by Crippen LogP contribution is -2.46. The van der Waals surface area contributed by atoms with E-state index in [1.54, 1.807) is 32.9 Å². The molecule has 0 radical (unpaired) electrons. The second-order valence-electron chi connectivity index (χ2n) is 9.16. The molecule has 0 saturated heterocycles. The lowest BCUT2D eigenvalue weighted by atomic mass is 10.0. The van der Waals surface area contributed by atoms with Crippen LogP contribution >= 0.6 is 0 Å². The minimum absolute atomic E-state index is 0.220. The predicted octanol–water partition coefficient (Wildman–Crippen LogP) is 5.18. The van der Waals surface area contributed by atoms with Gasteiger partial charge >= 0.3 is 17.7 Å². The first-order valence-electron chi connectivity index (χ1n) is 11.5. The number of amides is 1. The van der Waals surface area contributed by atoms with Crippen molar-refractivity contribution in [3.8, 4) is 5.75 Å². The minimum atomic E-state index is -0.976. The van der Waals surface area contributed by atoms with E-state index in [0.29, 0.717) is 5.58 Å². The van der Waals surface area contributed by atoms with E-state index in [-0.39, 0.29) is 12.2 Å². The van der Waals surface area contributed by atoms with Gasteiger partial charge in [-0.2, -0.15) is 0 Å². The van der Waals surface area contributed by atoms with Crippen LogP contribution in [-0.2, 0) is 22.4 Å². The van der Waals surface area contributed by atoms with Crippen molar-refractivity contribution < 1.29 is 23.5 Å². The molecule has 7 heteroatoms. The molecule has 0 fully saturated rings. The van der Waals surface area contributed by atoms with Gasteiger partial charge in [-0.1, -0.05) is 43.7 Å². The van der Waals surface area contributed by atoms with Crippen molar-refractivity contribution in [1.29, 1.82) is 0 Å². The van der Waals surface area contributed by atoms with Crippen molar-refractivity contribution >= 4 is 23.0 Å². The number of fused-ring (bicyclic) bond motifs is 1. The normalized spacial score (nSPS) is 12.2. The molecule has 3 aromatic rings. The average molecular weight is 466 g/mol. The van der Waals surface area contributed by atoms with Crippen molar-refractivity contribution in [2.24, 2.45) is 0 Å². The highest BCUT2D eigenvalue weighted by Crippen LogP contribution is 2.24. The van der Waals surface area contributed by atoms with Gasteiger partial charge in [-0.3, -0.25) is 0 Å². The van der Waals surface area contributed by atoms with E-state index in [4.69, 9.17) is 13.9 Å². The second kappa shape index (κ2) is 11.0. The molecule has 0 aliphatic carbocycles. The number of alkyl carbamates (subject to hydrolysis) is 1. The number of esters is 1. The molecule has 180 valence electrons. The van der Waals surface area contributed by atoms with Crippen molar-refractivity contribution in [1.82, 2.24) is 5.32 Å². The molecular formula is C27H31NO6. The molecule has 7 nitrogen and oxygen atoms in total. The third kappa shape index (κ3) is 7.20. The SMILES string of the molecule is CCCCc1cc(=O)oc2cc(OC(=O)C(Cc3ccccc3)NC(=O)OC(C)(C)C)ccc12. The van der Waals surface area contributed by atoms with Crippen LogP contribution in [0.15, 0.2) is 63.8 Å². The zero-order valence-electron chi connectivity index (χ0n) is 20.1. The fraction of sp³-hybridized carbons (Fsp3) is 0.370. The van der Waals surface area contributed by atoms with Gasteiger partial charge in [0.05, 0.1) is 0 Å². The molecule has 0 spiro atoms. The van der Waals surface area contributed by atoms with Crippen molar-refractivity contribution in [3.05, 3.63) is 76.1 Å². The van der Waals surface area contributed by atoms with Gasteiger partial charge in [0.15, 0.2) is 0 Å². The van der Waals surface area contributed by atoms with Crippen LogP contribution in [0, 0.1) is 0 Å². The molecular weight excluding hydrogens is 434 g/mol. The van der Waals surface area contributed by atoms with Gasteiger partial charge < -0.3 is 19.2 Å². The number of hydrogen-bond acceptors (Lipinski definition) is 6. The number of carbonyl (C=O) groups excluding carboxylic acids is 2. The maximum atomic E-state index is 13.0. The third-order valence-electron chi connectivity index (χ3n) is 5.08. The fourth-order valence-corrected chi connectivity index (χ4v) is 3.53. The van der Waals surface area contributed by atoms with E-state index in [1.165, 1.54) is 12.1 Å². The number of ether oxygens (including phenoxy) is 2. The first-order chi connectivity index (χ1) is 16.1. The average Bonchev–Trinajstić information content (AvgIpc) is 2.76. The van der Waals surface area contributed by atoms with E-state index in [1.807, 2.05) is 30.3 Å². The van der Waals surface area contributed by atoms with Crippen LogP contribution in [0.1, 0.15) is 51.7 Å². The van der Waals surface area contributed by atoms with Gasteiger partial charge in [0.25, 0.3) is 0 Å². The van der Waals surface area contributed by atoms with Crippen LogP contribution < -0.4 is 15.7 Å². The lowest BCUT2D eigenvalue weighted by Gasteiger charge is -2.23. The van der Waals surface area contributed by atoms with Crippen LogP contribution in [0.3, 0.4) is 0 Å². The smallest absolute Gasteiger partial charge is 0.408 e. The Bertz CT molecular complexity index is 1190. The van der Waals surface area contributed by atoms with Crippen LogP contribution in [0.5, 0.6) is 5.75 Å². The summed E-state index contributed by atoms with van der Waals surface area (Å²) in [5, 5.41) is 3.42. The molecule has 2 aromatic carbocycles. The summed E-state index contributed by atoms with van der Waals surface area (Å²) in [5.41, 5.74) is 0.945. The molecule has 0 saturated carbocycles. The number of nitrogens with one attached hydrogen (secondary N) is 1. The Morgan fingerprint density at radius 2 is 1.79 bits per heavy atom. The Balaban J connectivity index is 1.83. The molecule has 1 unspecified atom stereocenters.